The smallest absolute Gasteiger partial charge is 0.269 e. The molecule has 0 spiro atoms. The van der Waals surface area contributed by atoms with Crippen LogP contribution in [0.3, 0.4) is 0 Å². The fraction of sp³-hybridized carbons (Fsp3) is 0.188. The molecule has 0 fully saturated rings. The summed E-state index contributed by atoms with van der Waals surface area (Å²) in [4.78, 5) is 19.8. The van der Waals surface area contributed by atoms with Crippen LogP contribution in [0, 0.1) is 0 Å². The predicted molar refractivity (Wildman–Crippen MR) is 83.1 cm³/mol. The molecule has 0 aliphatic carbocycles. The Kier molecular flexibility index (Phi) is 4.00. The number of hydrogen-bond donors (Lipinski definition) is 3. The number of aromatic amines is 2. The molecular weight excluding hydrogens is 278 g/mol. The van der Waals surface area contributed by atoms with E-state index in [9.17, 15) is 4.79 Å². The van der Waals surface area contributed by atoms with Crippen LogP contribution in [-0.4, -0.2) is 26.1 Å². The van der Waals surface area contributed by atoms with Gasteiger partial charge in [0, 0.05) is 6.20 Å². The lowest BCUT2D eigenvalue weighted by Crippen LogP contribution is -2.29. The molecule has 1 atom stereocenters. The zero-order chi connectivity index (χ0) is 15.4. The third-order valence-corrected chi connectivity index (χ3v) is 3.47. The second-order valence-corrected chi connectivity index (χ2v) is 4.95. The SMILES string of the molecule is CCC(NC(=O)c1ccn[nH]1)c1ncc(-c2ccccc2)[nH]1. The Morgan fingerprint density at radius 1 is 1.27 bits per heavy atom. The number of carbonyl (C=O) groups excluding carboxylic acids is 1. The molecule has 2 heterocycles. The van der Waals surface area contributed by atoms with Crippen LogP contribution in [0.15, 0.2) is 48.8 Å². The Morgan fingerprint density at radius 3 is 2.77 bits per heavy atom. The molecule has 3 N–H and O–H groups in total. The highest BCUT2D eigenvalue weighted by molar-refractivity contribution is 5.92. The van der Waals surface area contributed by atoms with Crippen molar-refractivity contribution in [2.24, 2.45) is 0 Å². The summed E-state index contributed by atoms with van der Waals surface area (Å²) < 4.78 is 0. The summed E-state index contributed by atoms with van der Waals surface area (Å²) in [6, 6.07) is 11.4. The molecule has 1 aromatic carbocycles. The Hall–Kier alpha value is -2.89. The Balaban J connectivity index is 1.77. The largest absolute Gasteiger partial charge is 0.341 e. The number of carbonyl (C=O) groups is 1. The maximum absolute atomic E-state index is 12.1. The van der Waals surface area contributed by atoms with Gasteiger partial charge in [-0.05, 0) is 18.1 Å². The van der Waals surface area contributed by atoms with Gasteiger partial charge in [0.1, 0.15) is 11.5 Å². The number of benzene rings is 1. The molecule has 112 valence electrons. The van der Waals surface area contributed by atoms with Crippen molar-refractivity contribution >= 4 is 5.91 Å². The molecule has 6 nitrogen and oxygen atoms in total. The molecule has 3 rings (SSSR count). The lowest BCUT2D eigenvalue weighted by Gasteiger charge is -2.13. The van der Waals surface area contributed by atoms with Crippen molar-refractivity contribution in [1.29, 1.82) is 0 Å². The molecule has 2 aromatic heterocycles. The average Bonchev–Trinajstić information content (AvgIpc) is 3.24. The molecule has 0 aliphatic rings. The molecule has 1 amide bonds. The third kappa shape index (κ3) is 2.90. The van der Waals surface area contributed by atoms with Crippen molar-refractivity contribution < 1.29 is 4.79 Å². The Labute approximate surface area is 128 Å². The van der Waals surface area contributed by atoms with Crippen LogP contribution >= 0.6 is 0 Å². The van der Waals surface area contributed by atoms with E-state index in [1.54, 1.807) is 18.5 Å². The van der Waals surface area contributed by atoms with Gasteiger partial charge in [-0.25, -0.2) is 4.98 Å². The van der Waals surface area contributed by atoms with Gasteiger partial charge >= 0.3 is 0 Å². The van der Waals surface area contributed by atoms with E-state index in [1.807, 2.05) is 37.3 Å². The standard InChI is InChI=1S/C16H17N5O/c1-2-12(20-16(22)13-8-9-18-21-13)15-17-10-14(19-15)11-6-4-3-5-7-11/h3-10,12H,2H2,1H3,(H,17,19)(H,18,21)(H,20,22). The Bertz CT molecular complexity index is 733. The zero-order valence-corrected chi connectivity index (χ0v) is 12.2. The summed E-state index contributed by atoms with van der Waals surface area (Å²) in [7, 11) is 0. The van der Waals surface area contributed by atoms with Gasteiger partial charge in [-0.15, -0.1) is 0 Å². The first-order valence-corrected chi connectivity index (χ1v) is 7.18. The minimum Gasteiger partial charge on any atom is -0.341 e. The average molecular weight is 295 g/mol. The molecule has 0 saturated heterocycles. The van der Waals surface area contributed by atoms with Gasteiger partial charge in [0.2, 0.25) is 0 Å². The van der Waals surface area contributed by atoms with Crippen molar-refractivity contribution in [3.05, 3.63) is 60.3 Å². The molecule has 6 heteroatoms. The first kappa shape index (κ1) is 14.1. The molecule has 3 aromatic rings. The predicted octanol–water partition coefficient (Wildman–Crippen LogP) is 2.68. The summed E-state index contributed by atoms with van der Waals surface area (Å²) in [6.07, 6.45) is 4.08. The number of amides is 1. The van der Waals surface area contributed by atoms with E-state index >= 15 is 0 Å². The van der Waals surface area contributed by atoms with E-state index in [2.05, 4.69) is 25.5 Å². The second kappa shape index (κ2) is 6.26. The van der Waals surface area contributed by atoms with Crippen LogP contribution in [0.2, 0.25) is 0 Å². The number of aromatic nitrogens is 4. The maximum Gasteiger partial charge on any atom is 0.269 e. The highest BCUT2D eigenvalue weighted by Crippen LogP contribution is 2.20. The van der Waals surface area contributed by atoms with Crippen LogP contribution in [0.25, 0.3) is 11.3 Å². The number of nitrogens with zero attached hydrogens (tertiary/aromatic N) is 2. The fourth-order valence-corrected chi connectivity index (χ4v) is 2.26. The number of H-pyrrole nitrogens is 2. The van der Waals surface area contributed by atoms with Crippen molar-refractivity contribution in [1.82, 2.24) is 25.5 Å². The molecule has 0 saturated carbocycles. The van der Waals surface area contributed by atoms with Gasteiger partial charge in [0.05, 0.1) is 17.9 Å². The lowest BCUT2D eigenvalue weighted by atomic mass is 10.2. The van der Waals surface area contributed by atoms with Crippen LogP contribution in [-0.2, 0) is 0 Å². The summed E-state index contributed by atoms with van der Waals surface area (Å²) in [5.74, 6) is 0.552. The first-order valence-electron chi connectivity index (χ1n) is 7.18. The van der Waals surface area contributed by atoms with Crippen molar-refractivity contribution in [3.8, 4) is 11.3 Å². The van der Waals surface area contributed by atoms with E-state index in [1.165, 1.54) is 0 Å². The van der Waals surface area contributed by atoms with E-state index in [-0.39, 0.29) is 11.9 Å². The number of rotatable bonds is 5. The minimum absolute atomic E-state index is 0.173. The van der Waals surface area contributed by atoms with Gasteiger partial charge in [0.25, 0.3) is 5.91 Å². The second-order valence-electron chi connectivity index (χ2n) is 4.95. The van der Waals surface area contributed by atoms with E-state index in [0.717, 1.165) is 23.5 Å². The highest BCUT2D eigenvalue weighted by atomic mass is 16.2. The van der Waals surface area contributed by atoms with Crippen molar-refractivity contribution in [2.75, 3.05) is 0 Å². The van der Waals surface area contributed by atoms with Crippen LogP contribution < -0.4 is 5.32 Å². The molecule has 1 unspecified atom stereocenters. The minimum atomic E-state index is -0.193. The Morgan fingerprint density at radius 2 is 2.09 bits per heavy atom. The molecular formula is C16H17N5O. The van der Waals surface area contributed by atoms with Gasteiger partial charge in [-0.2, -0.15) is 5.10 Å². The molecule has 0 radical (unpaired) electrons. The van der Waals surface area contributed by atoms with Crippen molar-refractivity contribution in [3.63, 3.8) is 0 Å². The van der Waals surface area contributed by atoms with E-state index in [4.69, 9.17) is 0 Å². The molecule has 22 heavy (non-hydrogen) atoms. The summed E-state index contributed by atoms with van der Waals surface area (Å²) in [5.41, 5.74) is 2.44. The number of imidazole rings is 1. The van der Waals surface area contributed by atoms with Gasteiger partial charge < -0.3 is 10.3 Å². The lowest BCUT2D eigenvalue weighted by molar-refractivity contribution is 0.0929. The fourth-order valence-electron chi connectivity index (χ4n) is 2.26. The monoisotopic (exact) mass is 295 g/mol. The number of hydrogen-bond acceptors (Lipinski definition) is 3. The van der Waals surface area contributed by atoms with Crippen molar-refractivity contribution in [2.45, 2.75) is 19.4 Å². The van der Waals surface area contributed by atoms with Crippen LogP contribution in [0.5, 0.6) is 0 Å². The third-order valence-electron chi connectivity index (χ3n) is 3.47. The first-order chi connectivity index (χ1) is 10.8. The van der Waals surface area contributed by atoms with Crippen LogP contribution in [0.1, 0.15) is 35.7 Å². The number of nitrogens with one attached hydrogen (secondary N) is 3. The maximum atomic E-state index is 12.1. The van der Waals surface area contributed by atoms with E-state index < -0.39 is 0 Å². The summed E-state index contributed by atoms with van der Waals surface area (Å²) in [5, 5.41) is 9.39. The normalized spacial score (nSPS) is 12.0. The zero-order valence-electron chi connectivity index (χ0n) is 12.2. The van der Waals surface area contributed by atoms with Crippen LogP contribution in [0.4, 0.5) is 0 Å². The quantitative estimate of drug-likeness (QED) is 0.676. The topological polar surface area (TPSA) is 86.5 Å². The highest BCUT2D eigenvalue weighted by Gasteiger charge is 2.17. The van der Waals surface area contributed by atoms with Gasteiger partial charge in [-0.1, -0.05) is 37.3 Å². The van der Waals surface area contributed by atoms with E-state index in [0.29, 0.717) is 5.69 Å². The van der Waals surface area contributed by atoms with Gasteiger partial charge in [-0.3, -0.25) is 9.89 Å². The summed E-state index contributed by atoms with van der Waals surface area (Å²) in [6.45, 7) is 2.00. The molecule has 0 aliphatic heterocycles. The summed E-state index contributed by atoms with van der Waals surface area (Å²) >= 11 is 0. The molecule has 0 bridgehead atoms. The van der Waals surface area contributed by atoms with Gasteiger partial charge in [0.15, 0.2) is 0 Å².